The topological polar surface area (TPSA) is 204 Å². The molecule has 1 aromatic heterocycles. The minimum atomic E-state index is -0.726. The smallest absolute Gasteiger partial charge is 0.271 e. The van der Waals surface area contributed by atoms with Gasteiger partial charge in [-0.2, -0.15) is 5.10 Å². The second kappa shape index (κ2) is 17.6. The number of phenols is 2. The molecular formula is C47H35N5O9S. The van der Waals surface area contributed by atoms with E-state index in [2.05, 4.69) is 33.0 Å². The molecular weight excluding hydrogens is 811 g/mol. The quantitative estimate of drug-likeness (QED) is 0.0378. The molecule has 5 amide bonds. The summed E-state index contributed by atoms with van der Waals surface area (Å²) in [6, 6.07) is 28.7. The SMILES string of the molecule is O=C(COc1ccc(C=NNC(=O)c2ccc(C(=O)c3c(-c4ccc(O)cc4)sc4cc(O)ccc34)cc2)cc1)NCC#Cc1cccc2c1CN(C1CCC(=O)NC1=O)C2=O. The fraction of sp³-hybridized carbons (Fsp3) is 0.128. The zero-order valence-corrected chi connectivity index (χ0v) is 33.5. The molecule has 1 unspecified atom stereocenters. The molecule has 0 saturated carbocycles. The number of ketones is 1. The Balaban J connectivity index is 0.805. The number of hydrazone groups is 1. The van der Waals surface area contributed by atoms with Gasteiger partial charge in [-0.15, -0.1) is 11.3 Å². The highest BCUT2D eigenvalue weighted by atomic mass is 32.1. The molecule has 1 saturated heterocycles. The van der Waals surface area contributed by atoms with Gasteiger partial charge in [0.15, 0.2) is 12.4 Å². The van der Waals surface area contributed by atoms with Crippen LogP contribution in [0.25, 0.3) is 20.5 Å². The van der Waals surface area contributed by atoms with Crippen molar-refractivity contribution in [3.63, 3.8) is 0 Å². The summed E-state index contributed by atoms with van der Waals surface area (Å²) in [5.41, 5.74) is 6.71. The largest absolute Gasteiger partial charge is 0.508 e. The number of rotatable bonds is 11. The van der Waals surface area contributed by atoms with Crippen molar-refractivity contribution in [3.05, 3.63) is 148 Å². The molecule has 14 nitrogen and oxygen atoms in total. The molecule has 6 aromatic rings. The van der Waals surface area contributed by atoms with E-state index in [-0.39, 0.29) is 67.2 Å². The van der Waals surface area contributed by atoms with Crippen LogP contribution in [0.5, 0.6) is 17.2 Å². The number of carbonyl (C=O) groups is 6. The number of benzene rings is 5. The average Bonchev–Trinajstić information content (AvgIpc) is 3.82. The van der Waals surface area contributed by atoms with E-state index in [0.717, 1.165) is 10.3 Å². The van der Waals surface area contributed by atoms with Gasteiger partial charge in [0, 0.05) is 55.7 Å². The van der Waals surface area contributed by atoms with Gasteiger partial charge in [-0.3, -0.25) is 34.1 Å². The summed E-state index contributed by atoms with van der Waals surface area (Å²) in [6.07, 6.45) is 1.87. The van der Waals surface area contributed by atoms with Crippen LogP contribution in [0.2, 0.25) is 0 Å². The molecule has 308 valence electrons. The summed E-state index contributed by atoms with van der Waals surface area (Å²) in [5, 5.41) is 29.5. The normalized spacial score (nSPS) is 14.5. The van der Waals surface area contributed by atoms with E-state index >= 15 is 0 Å². The summed E-state index contributed by atoms with van der Waals surface area (Å²) < 4.78 is 6.32. The van der Waals surface area contributed by atoms with E-state index < -0.39 is 23.8 Å². The van der Waals surface area contributed by atoms with Crippen molar-refractivity contribution in [1.82, 2.24) is 21.0 Å². The molecule has 2 aliphatic rings. The van der Waals surface area contributed by atoms with Crippen LogP contribution >= 0.6 is 11.3 Å². The molecule has 5 aromatic carbocycles. The van der Waals surface area contributed by atoms with Gasteiger partial charge in [0.2, 0.25) is 11.8 Å². The third kappa shape index (κ3) is 8.76. The monoisotopic (exact) mass is 845 g/mol. The predicted molar refractivity (Wildman–Crippen MR) is 230 cm³/mol. The molecule has 1 fully saturated rings. The Bertz CT molecular complexity index is 2880. The van der Waals surface area contributed by atoms with Crippen LogP contribution in [0.4, 0.5) is 0 Å². The highest BCUT2D eigenvalue weighted by Crippen LogP contribution is 2.41. The number of piperidine rings is 1. The van der Waals surface area contributed by atoms with Gasteiger partial charge in [0.1, 0.15) is 23.3 Å². The minimum absolute atomic E-state index is 0.0300. The Morgan fingerprint density at radius 1 is 0.903 bits per heavy atom. The number of thiophene rings is 1. The second-order valence-electron chi connectivity index (χ2n) is 14.3. The third-order valence-electron chi connectivity index (χ3n) is 10.2. The molecule has 1 atom stereocenters. The number of hydrogen-bond acceptors (Lipinski definition) is 11. The number of nitrogens with zero attached hydrogens (tertiary/aromatic N) is 2. The van der Waals surface area contributed by atoms with Crippen LogP contribution in [0.15, 0.2) is 114 Å². The number of imide groups is 1. The lowest BCUT2D eigenvalue weighted by atomic mass is 9.97. The molecule has 62 heavy (non-hydrogen) atoms. The van der Waals surface area contributed by atoms with Crippen molar-refractivity contribution < 1.29 is 43.7 Å². The van der Waals surface area contributed by atoms with E-state index in [4.69, 9.17) is 4.74 Å². The first-order valence-electron chi connectivity index (χ1n) is 19.3. The minimum Gasteiger partial charge on any atom is -0.508 e. The summed E-state index contributed by atoms with van der Waals surface area (Å²) in [4.78, 5) is 78.3. The fourth-order valence-electron chi connectivity index (χ4n) is 7.11. The summed E-state index contributed by atoms with van der Waals surface area (Å²) >= 11 is 1.36. The average molecular weight is 846 g/mol. The first-order chi connectivity index (χ1) is 30.0. The Morgan fingerprint density at radius 2 is 1.65 bits per heavy atom. The lowest BCUT2D eigenvalue weighted by molar-refractivity contribution is -0.137. The first-order valence-corrected chi connectivity index (χ1v) is 20.1. The van der Waals surface area contributed by atoms with Crippen molar-refractivity contribution in [3.8, 4) is 39.5 Å². The van der Waals surface area contributed by atoms with Crippen LogP contribution in [0.1, 0.15) is 66.2 Å². The number of nitrogens with one attached hydrogen (secondary N) is 3. The van der Waals surface area contributed by atoms with E-state index in [1.807, 2.05) is 0 Å². The molecule has 3 heterocycles. The number of phenolic OH excluding ortho intramolecular Hbond substituents is 2. The maximum Gasteiger partial charge on any atom is 0.271 e. The summed E-state index contributed by atoms with van der Waals surface area (Å²) in [7, 11) is 0. The van der Waals surface area contributed by atoms with Gasteiger partial charge >= 0.3 is 0 Å². The molecule has 0 aliphatic carbocycles. The van der Waals surface area contributed by atoms with Gasteiger partial charge in [-0.25, -0.2) is 5.43 Å². The number of aromatic hydroxyl groups is 2. The molecule has 0 bridgehead atoms. The third-order valence-corrected chi connectivity index (χ3v) is 11.4. The Hall–Kier alpha value is -8.09. The predicted octanol–water partition coefficient (Wildman–Crippen LogP) is 5.28. The number of hydrogen-bond donors (Lipinski definition) is 5. The van der Waals surface area contributed by atoms with E-state index in [9.17, 15) is 39.0 Å². The highest BCUT2D eigenvalue weighted by Gasteiger charge is 2.39. The molecule has 2 aliphatic heterocycles. The Kier molecular flexibility index (Phi) is 11.6. The number of ether oxygens (including phenoxy) is 1. The van der Waals surface area contributed by atoms with Gasteiger partial charge in [0.05, 0.1) is 12.8 Å². The van der Waals surface area contributed by atoms with Crippen LogP contribution in [0.3, 0.4) is 0 Å². The van der Waals surface area contributed by atoms with E-state index in [1.54, 1.807) is 91.0 Å². The van der Waals surface area contributed by atoms with E-state index in [0.29, 0.717) is 49.4 Å². The maximum absolute atomic E-state index is 13.9. The van der Waals surface area contributed by atoms with Crippen molar-refractivity contribution in [2.75, 3.05) is 13.2 Å². The number of amides is 5. The Labute approximate surface area is 357 Å². The van der Waals surface area contributed by atoms with Crippen LogP contribution in [-0.2, 0) is 20.9 Å². The van der Waals surface area contributed by atoms with Crippen molar-refractivity contribution in [2.24, 2.45) is 5.10 Å². The summed E-state index contributed by atoms with van der Waals surface area (Å²) in [6.45, 7) is -0.0400. The maximum atomic E-state index is 13.9. The standard InChI is InChI=1S/C47H35N5O9S/c53-32-14-12-30(13-15-32)44-42(36-19-16-33(54)23-39(36)62-44)43(57)29-8-10-31(11-9-29)45(58)51-49-24-27-6-17-34(18-7-27)61-26-41(56)48-22-2-4-28-3-1-5-35-37(28)25-52(47(35)60)38-20-21-40(55)50-46(38)59/h1,3,5-19,23-24,38,53-54H,20-22,25-26H2,(H,48,56)(H,51,58)(H,50,55,59). The number of fused-ring (bicyclic) bond motifs is 2. The van der Waals surface area contributed by atoms with Gasteiger partial charge in [-0.05, 0) is 114 Å². The van der Waals surface area contributed by atoms with Gasteiger partial charge in [0.25, 0.3) is 17.7 Å². The van der Waals surface area contributed by atoms with Crippen LogP contribution in [-0.4, -0.2) is 75.8 Å². The summed E-state index contributed by atoms with van der Waals surface area (Å²) in [5.74, 6) is 4.22. The number of carbonyl (C=O) groups excluding carboxylic acids is 6. The van der Waals surface area contributed by atoms with Crippen molar-refractivity contribution >= 4 is 63.0 Å². The lowest BCUT2D eigenvalue weighted by Gasteiger charge is -2.29. The molecule has 8 rings (SSSR count). The Morgan fingerprint density at radius 3 is 2.40 bits per heavy atom. The van der Waals surface area contributed by atoms with Crippen molar-refractivity contribution in [2.45, 2.75) is 25.4 Å². The lowest BCUT2D eigenvalue weighted by Crippen LogP contribution is -2.52. The van der Waals surface area contributed by atoms with Gasteiger partial charge in [-0.1, -0.05) is 30.0 Å². The molecule has 0 spiro atoms. The molecule has 0 radical (unpaired) electrons. The molecule has 15 heteroatoms. The fourth-order valence-corrected chi connectivity index (χ4v) is 8.35. The second-order valence-corrected chi connectivity index (χ2v) is 15.4. The zero-order chi connectivity index (χ0) is 43.3. The van der Waals surface area contributed by atoms with Crippen LogP contribution in [0, 0.1) is 11.8 Å². The van der Waals surface area contributed by atoms with Crippen molar-refractivity contribution in [1.29, 1.82) is 0 Å². The molecule has 5 N–H and O–H groups in total. The van der Waals surface area contributed by atoms with Gasteiger partial charge < -0.3 is 25.2 Å². The highest BCUT2D eigenvalue weighted by molar-refractivity contribution is 7.22. The zero-order valence-electron chi connectivity index (χ0n) is 32.6. The van der Waals surface area contributed by atoms with E-state index in [1.165, 1.54) is 40.7 Å². The van der Waals surface area contributed by atoms with Crippen LogP contribution < -0.4 is 20.8 Å². The first kappa shape index (κ1) is 40.7.